The van der Waals surface area contributed by atoms with Crippen LogP contribution in [0.5, 0.6) is 0 Å². The smallest absolute Gasteiger partial charge is 0.334 e. The molecule has 0 fully saturated rings. The summed E-state index contributed by atoms with van der Waals surface area (Å²) in [4.78, 5) is 22.5. The molecule has 4 heteroatoms. The maximum absolute atomic E-state index is 11.6. The largest absolute Gasteiger partial charge is 0.463 e. The Bertz CT molecular complexity index is 311. The molecule has 116 valence electrons. The van der Waals surface area contributed by atoms with E-state index in [4.69, 9.17) is 10.5 Å². The Balaban J connectivity index is 3.86. The number of unbranched alkanes of at least 4 members (excludes halogenated alkanes) is 7. The number of amides is 1. The van der Waals surface area contributed by atoms with Gasteiger partial charge in [0.15, 0.2) is 0 Å². The molecule has 4 nitrogen and oxygen atoms in total. The molecule has 1 amide bonds. The molecule has 0 rings (SSSR count). The third-order valence-corrected chi connectivity index (χ3v) is 3.15. The van der Waals surface area contributed by atoms with Crippen molar-refractivity contribution in [1.29, 1.82) is 0 Å². The van der Waals surface area contributed by atoms with Gasteiger partial charge in [0.1, 0.15) is 0 Å². The summed E-state index contributed by atoms with van der Waals surface area (Å²) in [5, 5.41) is 0. The van der Waals surface area contributed by atoms with Crippen molar-refractivity contribution in [2.45, 2.75) is 71.6 Å². The van der Waals surface area contributed by atoms with Crippen LogP contribution in [-0.2, 0) is 14.3 Å². The molecule has 0 saturated carbocycles. The number of carbonyl (C=O) groups is 2. The van der Waals surface area contributed by atoms with E-state index in [1.807, 2.05) is 0 Å². The van der Waals surface area contributed by atoms with Gasteiger partial charge in [-0.1, -0.05) is 51.9 Å². The van der Waals surface area contributed by atoms with Crippen molar-refractivity contribution in [2.24, 2.45) is 5.73 Å². The van der Waals surface area contributed by atoms with Gasteiger partial charge in [-0.2, -0.15) is 0 Å². The summed E-state index contributed by atoms with van der Waals surface area (Å²) < 4.78 is 4.91. The van der Waals surface area contributed by atoms with Gasteiger partial charge in [0, 0.05) is 11.6 Å². The van der Waals surface area contributed by atoms with Gasteiger partial charge >= 0.3 is 5.97 Å². The molecule has 0 aliphatic heterocycles. The maximum Gasteiger partial charge on any atom is 0.334 e. The second-order valence-corrected chi connectivity index (χ2v) is 5.02. The Morgan fingerprint density at radius 1 is 0.950 bits per heavy atom. The highest BCUT2D eigenvalue weighted by molar-refractivity contribution is 5.97. The van der Waals surface area contributed by atoms with E-state index in [-0.39, 0.29) is 0 Å². The number of primary amides is 1. The minimum Gasteiger partial charge on any atom is -0.463 e. The zero-order valence-electron chi connectivity index (χ0n) is 13.0. The van der Waals surface area contributed by atoms with Crippen molar-refractivity contribution < 1.29 is 14.3 Å². The highest BCUT2D eigenvalue weighted by Gasteiger charge is 2.11. The predicted octanol–water partition coefficient (Wildman–Crippen LogP) is 3.49. The van der Waals surface area contributed by atoms with Crippen LogP contribution in [0.2, 0.25) is 0 Å². The molecule has 0 bridgehead atoms. The Labute approximate surface area is 122 Å². The minimum absolute atomic E-state index is 0.312. The molecule has 0 aliphatic rings. The Hall–Kier alpha value is -1.32. The number of esters is 1. The minimum atomic E-state index is -0.590. The number of hydrogen-bond acceptors (Lipinski definition) is 3. The van der Waals surface area contributed by atoms with Gasteiger partial charge < -0.3 is 10.5 Å². The Kier molecular flexibility index (Phi) is 11.9. The van der Waals surface area contributed by atoms with E-state index < -0.39 is 11.9 Å². The molecular formula is C16H29NO3. The van der Waals surface area contributed by atoms with Crippen LogP contribution in [0.25, 0.3) is 0 Å². The summed E-state index contributed by atoms with van der Waals surface area (Å²) in [6.45, 7) is 4.27. The van der Waals surface area contributed by atoms with Crippen molar-refractivity contribution in [1.82, 2.24) is 0 Å². The van der Waals surface area contributed by atoms with E-state index in [2.05, 4.69) is 6.92 Å². The lowest BCUT2D eigenvalue weighted by molar-refractivity contribution is -0.138. The van der Waals surface area contributed by atoms with Crippen LogP contribution in [0.3, 0.4) is 0 Å². The first-order valence-electron chi connectivity index (χ1n) is 7.78. The summed E-state index contributed by atoms with van der Waals surface area (Å²) in [7, 11) is 0. The number of ether oxygens (including phenoxy) is 1. The maximum atomic E-state index is 11.6. The van der Waals surface area contributed by atoms with Crippen LogP contribution in [-0.4, -0.2) is 18.5 Å². The molecule has 0 atom stereocenters. The second kappa shape index (κ2) is 12.7. The third kappa shape index (κ3) is 10.6. The van der Waals surface area contributed by atoms with Crippen LogP contribution in [0, 0.1) is 0 Å². The summed E-state index contributed by atoms with van der Waals surface area (Å²) >= 11 is 0. The summed E-state index contributed by atoms with van der Waals surface area (Å²) in [5.74, 6) is -1.01. The molecule has 0 heterocycles. The normalized spacial score (nSPS) is 11.4. The number of hydrogen-bond donors (Lipinski definition) is 1. The van der Waals surface area contributed by atoms with E-state index in [1.54, 1.807) is 6.92 Å². The monoisotopic (exact) mass is 283 g/mol. The van der Waals surface area contributed by atoms with Gasteiger partial charge in [0.05, 0.1) is 6.61 Å². The lowest BCUT2D eigenvalue weighted by Crippen LogP contribution is -2.13. The van der Waals surface area contributed by atoms with Crippen LogP contribution in [0.15, 0.2) is 11.6 Å². The SMILES string of the molecule is CCCCCCCCCCC(=CC(N)=O)C(=O)OCC. The molecule has 2 N–H and O–H groups in total. The molecule has 0 unspecified atom stereocenters. The highest BCUT2D eigenvalue weighted by atomic mass is 16.5. The lowest BCUT2D eigenvalue weighted by atomic mass is 10.0. The Morgan fingerprint density at radius 3 is 2.00 bits per heavy atom. The molecule has 0 saturated heterocycles. The van der Waals surface area contributed by atoms with Gasteiger partial charge in [0.2, 0.25) is 5.91 Å². The quantitative estimate of drug-likeness (QED) is 0.338. The fourth-order valence-electron chi connectivity index (χ4n) is 2.08. The topological polar surface area (TPSA) is 69.4 Å². The third-order valence-electron chi connectivity index (χ3n) is 3.15. The van der Waals surface area contributed by atoms with Crippen LogP contribution in [0.1, 0.15) is 71.6 Å². The molecule has 0 radical (unpaired) electrons. The second-order valence-electron chi connectivity index (χ2n) is 5.02. The summed E-state index contributed by atoms with van der Waals surface area (Å²) in [6, 6.07) is 0. The zero-order chi connectivity index (χ0) is 15.2. The summed E-state index contributed by atoms with van der Waals surface area (Å²) in [5.41, 5.74) is 5.50. The van der Waals surface area contributed by atoms with Gasteiger partial charge in [-0.3, -0.25) is 4.79 Å². The van der Waals surface area contributed by atoms with Gasteiger partial charge in [-0.05, 0) is 19.8 Å². The van der Waals surface area contributed by atoms with E-state index in [0.29, 0.717) is 18.6 Å². The first kappa shape index (κ1) is 18.7. The molecule has 0 aromatic rings. The molecule has 0 aromatic heterocycles. The molecule has 20 heavy (non-hydrogen) atoms. The van der Waals surface area contributed by atoms with Crippen LogP contribution >= 0.6 is 0 Å². The molecule has 0 spiro atoms. The van der Waals surface area contributed by atoms with Crippen molar-refractivity contribution in [3.63, 3.8) is 0 Å². The van der Waals surface area contributed by atoms with Gasteiger partial charge in [0.25, 0.3) is 0 Å². The molecule has 0 aromatic carbocycles. The average molecular weight is 283 g/mol. The number of nitrogens with two attached hydrogens (primary N) is 1. The Morgan fingerprint density at radius 2 is 1.50 bits per heavy atom. The zero-order valence-corrected chi connectivity index (χ0v) is 13.0. The van der Waals surface area contributed by atoms with Crippen molar-refractivity contribution in [2.75, 3.05) is 6.61 Å². The molecule has 0 aliphatic carbocycles. The predicted molar refractivity (Wildman–Crippen MR) is 81.1 cm³/mol. The molecular weight excluding hydrogens is 254 g/mol. The fraction of sp³-hybridized carbons (Fsp3) is 0.750. The number of carbonyl (C=O) groups excluding carboxylic acids is 2. The van der Waals surface area contributed by atoms with Crippen molar-refractivity contribution >= 4 is 11.9 Å². The first-order valence-corrected chi connectivity index (χ1v) is 7.78. The van der Waals surface area contributed by atoms with Crippen LogP contribution < -0.4 is 5.73 Å². The standard InChI is InChI=1S/C16H29NO3/c1-3-5-6-7-8-9-10-11-12-14(13-15(17)18)16(19)20-4-2/h13H,3-12H2,1-2H3,(H2,17,18). The fourth-order valence-corrected chi connectivity index (χ4v) is 2.08. The van der Waals surface area contributed by atoms with Crippen molar-refractivity contribution in [3.8, 4) is 0 Å². The van der Waals surface area contributed by atoms with E-state index >= 15 is 0 Å². The number of rotatable bonds is 12. The van der Waals surface area contributed by atoms with E-state index in [0.717, 1.165) is 12.8 Å². The van der Waals surface area contributed by atoms with Crippen molar-refractivity contribution in [3.05, 3.63) is 11.6 Å². The summed E-state index contributed by atoms with van der Waals surface area (Å²) in [6.07, 6.45) is 11.3. The van der Waals surface area contributed by atoms with Gasteiger partial charge in [-0.15, -0.1) is 0 Å². The average Bonchev–Trinajstić information content (AvgIpc) is 2.40. The lowest BCUT2D eigenvalue weighted by Gasteiger charge is -2.06. The van der Waals surface area contributed by atoms with Gasteiger partial charge in [-0.25, -0.2) is 4.79 Å². The van der Waals surface area contributed by atoms with E-state index in [1.165, 1.54) is 44.6 Å². The first-order chi connectivity index (χ1) is 9.61. The van der Waals surface area contributed by atoms with E-state index in [9.17, 15) is 9.59 Å². The highest BCUT2D eigenvalue weighted by Crippen LogP contribution is 2.14. The van der Waals surface area contributed by atoms with Crippen LogP contribution in [0.4, 0.5) is 0 Å².